The number of nitrogen functional groups attached to an aromatic ring is 1. The Labute approximate surface area is 503 Å². The quantitative estimate of drug-likeness (QED) is 0.0524. The van der Waals surface area contributed by atoms with Crippen LogP contribution in [0.1, 0.15) is 340 Å². The number of Topliss-reactive ketones (excluding diaryl/α,β-unsaturated/α-hetero) is 1. The summed E-state index contributed by atoms with van der Waals surface area (Å²) in [5.74, 6) is 11.3. The van der Waals surface area contributed by atoms with Crippen LogP contribution in [-0.2, 0) is 22.4 Å². The van der Waals surface area contributed by atoms with E-state index in [4.69, 9.17) is 16.2 Å². The second-order valence-corrected chi connectivity index (χ2v) is 30.3. The number of ketones is 1. The van der Waals surface area contributed by atoms with E-state index >= 15 is 0 Å². The number of nitrogens with two attached hydrogens (primary N) is 2. The lowest BCUT2D eigenvalue weighted by molar-refractivity contribution is -0.119. The largest absolute Gasteiger partial charge is 0.399 e. The highest BCUT2D eigenvalue weighted by atomic mass is 16.5. The van der Waals surface area contributed by atoms with Gasteiger partial charge >= 0.3 is 0 Å². The van der Waals surface area contributed by atoms with Gasteiger partial charge in [0.1, 0.15) is 5.78 Å². The lowest BCUT2D eigenvalue weighted by atomic mass is 9.96. The molecule has 1 aromatic carbocycles. The molecule has 0 saturated carbocycles. The van der Waals surface area contributed by atoms with Crippen LogP contribution in [0.4, 0.5) is 5.69 Å². The summed E-state index contributed by atoms with van der Waals surface area (Å²) in [5, 5.41) is 0. The molecule has 4 N–H and O–H groups in total. The first kappa shape index (κ1) is 88.8. The zero-order valence-electron chi connectivity index (χ0n) is 60.2. The average Bonchev–Trinajstić information content (AvgIpc) is 3.25. The van der Waals surface area contributed by atoms with Crippen LogP contribution >= 0.6 is 0 Å². The van der Waals surface area contributed by atoms with Crippen molar-refractivity contribution in [2.45, 2.75) is 354 Å². The van der Waals surface area contributed by atoms with E-state index < -0.39 is 0 Å². The van der Waals surface area contributed by atoms with Crippen LogP contribution in [0.2, 0.25) is 0 Å². The minimum atomic E-state index is 0.411. The third-order valence-electron chi connectivity index (χ3n) is 13.5. The first-order valence-corrected chi connectivity index (χ1v) is 34.2. The Morgan fingerprint density at radius 2 is 0.671 bits per heavy atom. The van der Waals surface area contributed by atoms with Crippen LogP contribution in [-0.4, -0.2) is 24.5 Å². The molecule has 0 aromatic heterocycles. The van der Waals surface area contributed by atoms with E-state index in [-0.39, 0.29) is 0 Å². The first-order chi connectivity index (χ1) is 36.4. The van der Waals surface area contributed by atoms with Crippen molar-refractivity contribution in [3.8, 4) is 0 Å². The molecule has 0 aliphatic carbocycles. The van der Waals surface area contributed by atoms with Gasteiger partial charge in [-0.15, -0.1) is 0 Å². The van der Waals surface area contributed by atoms with Crippen molar-refractivity contribution in [3.05, 3.63) is 29.3 Å². The Kier molecular flexibility index (Phi) is 67.2. The van der Waals surface area contributed by atoms with E-state index in [0.29, 0.717) is 41.6 Å². The molecule has 0 aliphatic rings. The summed E-state index contributed by atoms with van der Waals surface area (Å²) in [7, 11) is 0. The molecule has 0 fully saturated rings. The van der Waals surface area contributed by atoms with Crippen molar-refractivity contribution in [3.63, 3.8) is 0 Å². The first-order valence-electron chi connectivity index (χ1n) is 34.2. The van der Waals surface area contributed by atoms with E-state index in [1.807, 2.05) is 0 Å². The highest BCUT2D eigenvalue weighted by Gasteiger charge is 2.09. The fourth-order valence-electron chi connectivity index (χ4n) is 8.72. The Morgan fingerprint density at radius 3 is 0.937 bits per heavy atom. The van der Waals surface area contributed by atoms with E-state index in [0.717, 1.165) is 116 Å². The summed E-state index contributed by atoms with van der Waals surface area (Å²) >= 11 is 0. The number of hydrogen-bond acceptors (Lipinski definition) is 4. The molecule has 0 aliphatic heterocycles. The molecule has 1 unspecified atom stereocenters. The molecule has 4 nitrogen and oxygen atoms in total. The van der Waals surface area contributed by atoms with Gasteiger partial charge in [0, 0.05) is 31.2 Å². The molecule has 79 heavy (non-hydrogen) atoms. The fraction of sp³-hybridized carbons (Fsp3) is 0.907. The smallest absolute Gasteiger partial charge is 0.133 e. The van der Waals surface area contributed by atoms with Gasteiger partial charge in [0.25, 0.3) is 0 Å². The molecule has 1 aromatic rings. The summed E-state index contributed by atoms with van der Waals surface area (Å²) in [6, 6.07) is 6.92. The maximum atomic E-state index is 11.2. The third-order valence-corrected chi connectivity index (χ3v) is 13.5. The van der Waals surface area contributed by atoms with Gasteiger partial charge < -0.3 is 16.2 Å². The van der Waals surface area contributed by atoms with Gasteiger partial charge in [-0.25, -0.2) is 0 Å². The molecule has 0 amide bonds. The number of unbranched alkanes of at least 4 members (excludes halogenated alkanes) is 4. The van der Waals surface area contributed by atoms with Crippen LogP contribution in [0, 0.1) is 82.9 Å². The van der Waals surface area contributed by atoms with Gasteiger partial charge in [0.2, 0.25) is 0 Å². The Morgan fingerprint density at radius 1 is 0.367 bits per heavy atom. The van der Waals surface area contributed by atoms with Crippen LogP contribution in [0.3, 0.4) is 0 Å². The van der Waals surface area contributed by atoms with Gasteiger partial charge in [-0.1, -0.05) is 290 Å². The summed E-state index contributed by atoms with van der Waals surface area (Å²) in [5.41, 5.74) is 15.4. The maximum absolute atomic E-state index is 11.2. The lowest BCUT2D eigenvalue weighted by Crippen LogP contribution is -2.23. The molecule has 1 atom stereocenters. The van der Waals surface area contributed by atoms with Crippen molar-refractivity contribution in [2.24, 2.45) is 88.6 Å². The minimum Gasteiger partial charge on any atom is -0.399 e. The van der Waals surface area contributed by atoms with Gasteiger partial charge in [-0.05, 0) is 152 Å². The summed E-state index contributed by atoms with van der Waals surface area (Å²) in [6.07, 6.45) is 28.5. The van der Waals surface area contributed by atoms with Crippen LogP contribution in [0.15, 0.2) is 18.2 Å². The predicted octanol–water partition coefficient (Wildman–Crippen LogP) is 24.6. The molecule has 1 rings (SSSR count). The monoisotopic (exact) mass is 1120 g/mol. The zero-order chi connectivity index (χ0) is 62.6. The molecule has 0 radical (unpaired) electrons. The van der Waals surface area contributed by atoms with Gasteiger partial charge in [-0.2, -0.15) is 0 Å². The van der Waals surface area contributed by atoms with Crippen LogP contribution in [0.5, 0.6) is 0 Å². The van der Waals surface area contributed by atoms with Crippen LogP contribution < -0.4 is 11.5 Å². The second kappa shape index (κ2) is 59.8. The standard InChI is InChI=1S/C14H23N.C11H22O.2C11H24.C10H22O.C9H21N.C9H20/c1-10(2)5-12-7-13(6-11(3)4)9-14(15)8-12;1-9(2)6-5-7-11(12)8-10(3)4;2*1-10(2)8-6-5-7-9-11(3)4;1-8(2)6-7-11-10(5)9(3)4;1-7(2)5-9(10)6-8(3)4;1-8(2)6-5-7-9(3)4/h7-11H,5-6,15H2,1-4H3;9-10H,5-8H2,1-4H3;2*10-11H,5-9H2,1-4H3;8-10H,6-7H2,1-5H3;7-9H,5-6,10H2,1-4H3;8-9H,5-7H2,1-4H3. The van der Waals surface area contributed by atoms with Crippen molar-refractivity contribution in [1.29, 1.82) is 0 Å². The average molecular weight is 1120 g/mol. The second-order valence-electron chi connectivity index (χ2n) is 30.3. The highest BCUT2D eigenvalue weighted by molar-refractivity contribution is 5.78. The number of hydrogen-bond donors (Lipinski definition) is 2. The predicted molar refractivity (Wildman–Crippen MR) is 367 cm³/mol. The molecule has 0 saturated heterocycles. The Balaban J connectivity index is -0.000000198. The number of rotatable bonds is 35. The van der Waals surface area contributed by atoms with Crippen molar-refractivity contribution in [1.82, 2.24) is 0 Å². The minimum absolute atomic E-state index is 0.411. The Hall–Kier alpha value is -1.39. The normalized spacial score (nSPS) is 11.9. The SMILES string of the molecule is CC(C)CC(N)CC(C)C.CC(C)CCCC(=O)CC(C)C.CC(C)CCCC(C)C.CC(C)CCCCCC(C)C.CC(C)CCCCCC(C)C.CC(C)CCOC(C)C(C)C.CC(C)Cc1cc(N)cc(CC(C)C)c1. The van der Waals surface area contributed by atoms with E-state index in [1.165, 1.54) is 107 Å². The van der Waals surface area contributed by atoms with Gasteiger partial charge in [0.05, 0.1) is 6.10 Å². The molecular weight excluding hydrogens is 961 g/mol. The Bertz CT molecular complexity index is 1260. The molecule has 478 valence electrons. The zero-order valence-corrected chi connectivity index (χ0v) is 60.2. The van der Waals surface area contributed by atoms with E-state index in [1.54, 1.807) is 0 Å². The third kappa shape index (κ3) is 90.6. The highest BCUT2D eigenvalue weighted by Crippen LogP contribution is 2.19. The lowest BCUT2D eigenvalue weighted by Gasteiger charge is -2.17. The summed E-state index contributed by atoms with van der Waals surface area (Å²) in [6.45, 7) is 66.0. The maximum Gasteiger partial charge on any atom is 0.133 e. The fourth-order valence-corrected chi connectivity index (χ4v) is 8.72. The molecule has 0 bridgehead atoms. The topological polar surface area (TPSA) is 78.3 Å². The summed E-state index contributed by atoms with van der Waals surface area (Å²) < 4.78 is 5.61. The van der Waals surface area contributed by atoms with Gasteiger partial charge in [0.15, 0.2) is 0 Å². The van der Waals surface area contributed by atoms with Crippen molar-refractivity contribution < 1.29 is 9.53 Å². The summed E-state index contributed by atoms with van der Waals surface area (Å²) in [4.78, 5) is 11.2. The van der Waals surface area contributed by atoms with Crippen LogP contribution in [0.25, 0.3) is 0 Å². The number of carbonyl (C=O) groups is 1. The van der Waals surface area contributed by atoms with Crippen molar-refractivity contribution >= 4 is 11.5 Å². The molecule has 0 spiro atoms. The number of benzene rings is 1. The number of anilines is 1. The van der Waals surface area contributed by atoms with Gasteiger partial charge in [-0.3, -0.25) is 4.79 Å². The molecular formula is C75H156N2O2. The number of carbonyl (C=O) groups excluding carboxylic acids is 1. The molecule has 4 heteroatoms. The number of ether oxygens (including phenoxy) is 1. The molecule has 0 heterocycles. The van der Waals surface area contributed by atoms with Crippen molar-refractivity contribution in [2.75, 3.05) is 12.3 Å². The van der Waals surface area contributed by atoms with E-state index in [2.05, 4.69) is 219 Å². The van der Waals surface area contributed by atoms with E-state index in [9.17, 15) is 4.79 Å².